The summed E-state index contributed by atoms with van der Waals surface area (Å²) in [5, 5.41) is 0. The molecule has 1 aliphatic rings. The van der Waals surface area contributed by atoms with E-state index < -0.39 is 5.60 Å². The van der Waals surface area contributed by atoms with Gasteiger partial charge in [-0.3, -0.25) is 0 Å². The Balaban J connectivity index is 1.87. The Labute approximate surface area is 166 Å². The lowest BCUT2D eigenvalue weighted by Crippen LogP contribution is -2.36. The first-order valence-electron chi connectivity index (χ1n) is 9.70. The summed E-state index contributed by atoms with van der Waals surface area (Å²) in [5.74, 6) is 0.0460. The van der Waals surface area contributed by atoms with Crippen molar-refractivity contribution in [3.05, 3.63) is 131 Å². The van der Waals surface area contributed by atoms with E-state index in [4.69, 9.17) is 4.74 Å². The van der Waals surface area contributed by atoms with E-state index in [9.17, 15) is 0 Å². The standard InChI is InChI=1S/C27H22O/c1-28-27(24-18-10-8-16-22(24)23-17-9-11-19-25(23)27)26(20-12-4-2-5-13-20)21-14-6-3-7-15-21/h2-19,26H,1H3. The fourth-order valence-corrected chi connectivity index (χ4v) is 4.83. The second kappa shape index (κ2) is 6.78. The zero-order valence-electron chi connectivity index (χ0n) is 15.9. The highest BCUT2D eigenvalue weighted by molar-refractivity contribution is 5.81. The van der Waals surface area contributed by atoms with Crippen molar-refractivity contribution < 1.29 is 4.74 Å². The van der Waals surface area contributed by atoms with Crippen molar-refractivity contribution in [1.29, 1.82) is 0 Å². The maximum absolute atomic E-state index is 6.52. The van der Waals surface area contributed by atoms with Crippen LogP contribution in [0.5, 0.6) is 0 Å². The molecule has 0 atom stereocenters. The van der Waals surface area contributed by atoms with E-state index in [0.717, 1.165) is 0 Å². The first-order valence-corrected chi connectivity index (χ1v) is 9.70. The zero-order chi connectivity index (χ0) is 19.0. The van der Waals surface area contributed by atoms with Crippen LogP contribution in [0.1, 0.15) is 28.2 Å². The van der Waals surface area contributed by atoms with Crippen molar-refractivity contribution in [2.24, 2.45) is 0 Å². The number of methoxy groups -OCH3 is 1. The van der Waals surface area contributed by atoms with Gasteiger partial charge in [-0.15, -0.1) is 0 Å². The molecule has 0 fully saturated rings. The van der Waals surface area contributed by atoms with Gasteiger partial charge in [0.25, 0.3) is 0 Å². The Morgan fingerprint density at radius 3 is 1.36 bits per heavy atom. The van der Waals surface area contributed by atoms with Crippen LogP contribution >= 0.6 is 0 Å². The maximum Gasteiger partial charge on any atom is 0.130 e. The van der Waals surface area contributed by atoms with Crippen LogP contribution in [0, 0.1) is 0 Å². The molecule has 1 aliphatic carbocycles. The lowest BCUT2D eigenvalue weighted by Gasteiger charge is -2.39. The molecule has 1 heteroatoms. The van der Waals surface area contributed by atoms with Gasteiger partial charge in [0.2, 0.25) is 0 Å². The molecule has 0 bridgehead atoms. The number of rotatable bonds is 4. The minimum Gasteiger partial charge on any atom is -0.368 e. The highest BCUT2D eigenvalue weighted by Crippen LogP contribution is 2.57. The topological polar surface area (TPSA) is 9.23 Å². The van der Waals surface area contributed by atoms with Crippen molar-refractivity contribution in [3.8, 4) is 11.1 Å². The molecule has 0 heterocycles. The monoisotopic (exact) mass is 362 g/mol. The van der Waals surface area contributed by atoms with Gasteiger partial charge in [-0.05, 0) is 33.4 Å². The summed E-state index contributed by atoms with van der Waals surface area (Å²) in [6, 6.07) is 38.8. The van der Waals surface area contributed by atoms with Crippen molar-refractivity contribution in [3.63, 3.8) is 0 Å². The van der Waals surface area contributed by atoms with E-state index in [2.05, 4.69) is 109 Å². The molecule has 0 aliphatic heterocycles. The quantitative estimate of drug-likeness (QED) is 0.409. The normalized spacial score (nSPS) is 13.9. The molecule has 0 radical (unpaired) electrons. The number of fused-ring (bicyclic) bond motifs is 3. The van der Waals surface area contributed by atoms with E-state index in [-0.39, 0.29) is 5.92 Å². The van der Waals surface area contributed by atoms with Gasteiger partial charge < -0.3 is 4.74 Å². The predicted octanol–water partition coefficient (Wildman–Crippen LogP) is 6.39. The first kappa shape index (κ1) is 17.0. The summed E-state index contributed by atoms with van der Waals surface area (Å²) in [4.78, 5) is 0. The van der Waals surface area contributed by atoms with E-state index >= 15 is 0 Å². The Kier molecular flexibility index (Phi) is 4.11. The SMILES string of the molecule is COC1(C(c2ccccc2)c2ccccc2)c2ccccc2-c2ccccc21. The zero-order valence-corrected chi connectivity index (χ0v) is 15.9. The van der Waals surface area contributed by atoms with E-state index in [1.165, 1.54) is 33.4 Å². The Morgan fingerprint density at radius 2 is 0.929 bits per heavy atom. The van der Waals surface area contributed by atoms with Crippen LogP contribution in [0.25, 0.3) is 11.1 Å². The second-order valence-electron chi connectivity index (χ2n) is 7.29. The summed E-state index contributed by atoms with van der Waals surface area (Å²) < 4.78 is 6.52. The Hall–Kier alpha value is -3.16. The van der Waals surface area contributed by atoms with E-state index in [1.54, 1.807) is 0 Å². The molecule has 0 saturated heterocycles. The summed E-state index contributed by atoms with van der Waals surface area (Å²) in [6.07, 6.45) is 0. The number of hydrogen-bond donors (Lipinski definition) is 0. The Bertz CT molecular complexity index is 1010. The van der Waals surface area contributed by atoms with Crippen LogP contribution in [0.2, 0.25) is 0 Å². The lowest BCUT2D eigenvalue weighted by molar-refractivity contribution is 0.0113. The van der Waals surface area contributed by atoms with E-state index in [0.29, 0.717) is 0 Å². The molecule has 1 nitrogen and oxygen atoms in total. The van der Waals surface area contributed by atoms with Crippen molar-refractivity contribution in [1.82, 2.24) is 0 Å². The highest BCUT2D eigenvalue weighted by atomic mass is 16.5. The third kappa shape index (κ3) is 2.37. The molecular formula is C27H22O. The molecule has 4 aromatic carbocycles. The Morgan fingerprint density at radius 1 is 0.536 bits per heavy atom. The molecule has 0 N–H and O–H groups in total. The largest absolute Gasteiger partial charge is 0.368 e. The molecule has 0 spiro atoms. The number of benzene rings is 4. The van der Waals surface area contributed by atoms with Gasteiger partial charge in [0.05, 0.1) is 0 Å². The summed E-state index contributed by atoms with van der Waals surface area (Å²) in [7, 11) is 1.84. The molecule has 0 amide bonds. The third-order valence-electron chi connectivity index (χ3n) is 5.94. The van der Waals surface area contributed by atoms with Gasteiger partial charge in [-0.1, -0.05) is 109 Å². The lowest BCUT2D eigenvalue weighted by atomic mass is 9.72. The van der Waals surface area contributed by atoms with Crippen LogP contribution in [-0.4, -0.2) is 7.11 Å². The van der Waals surface area contributed by atoms with Gasteiger partial charge in [0, 0.05) is 13.0 Å². The molecular weight excluding hydrogens is 340 g/mol. The molecule has 28 heavy (non-hydrogen) atoms. The van der Waals surface area contributed by atoms with Gasteiger partial charge in [-0.25, -0.2) is 0 Å². The summed E-state index contributed by atoms with van der Waals surface area (Å²) in [5.41, 5.74) is 6.92. The summed E-state index contributed by atoms with van der Waals surface area (Å²) >= 11 is 0. The molecule has 0 aromatic heterocycles. The minimum atomic E-state index is -0.574. The van der Waals surface area contributed by atoms with Gasteiger partial charge >= 0.3 is 0 Å². The summed E-state index contributed by atoms with van der Waals surface area (Å²) in [6.45, 7) is 0. The van der Waals surface area contributed by atoms with Crippen LogP contribution in [0.15, 0.2) is 109 Å². The van der Waals surface area contributed by atoms with Gasteiger partial charge in [0.1, 0.15) is 5.60 Å². The second-order valence-corrected chi connectivity index (χ2v) is 7.29. The fourth-order valence-electron chi connectivity index (χ4n) is 4.83. The van der Waals surface area contributed by atoms with Gasteiger partial charge in [0.15, 0.2) is 0 Å². The van der Waals surface area contributed by atoms with Crippen molar-refractivity contribution in [2.45, 2.75) is 11.5 Å². The van der Waals surface area contributed by atoms with Crippen LogP contribution in [0.4, 0.5) is 0 Å². The predicted molar refractivity (Wildman–Crippen MR) is 114 cm³/mol. The van der Waals surface area contributed by atoms with Crippen LogP contribution < -0.4 is 0 Å². The van der Waals surface area contributed by atoms with Crippen molar-refractivity contribution in [2.75, 3.05) is 7.11 Å². The molecule has 0 saturated carbocycles. The van der Waals surface area contributed by atoms with E-state index in [1.807, 2.05) is 7.11 Å². The number of hydrogen-bond acceptors (Lipinski definition) is 1. The maximum atomic E-state index is 6.52. The average molecular weight is 362 g/mol. The first-order chi connectivity index (χ1) is 13.9. The number of ether oxygens (including phenoxy) is 1. The fraction of sp³-hybridized carbons (Fsp3) is 0.111. The molecule has 136 valence electrons. The van der Waals surface area contributed by atoms with Crippen LogP contribution in [0.3, 0.4) is 0 Å². The highest BCUT2D eigenvalue weighted by Gasteiger charge is 2.50. The molecule has 4 aromatic rings. The smallest absolute Gasteiger partial charge is 0.130 e. The minimum absolute atomic E-state index is 0.0460. The third-order valence-corrected chi connectivity index (χ3v) is 5.94. The molecule has 5 rings (SSSR count). The molecule has 0 unspecified atom stereocenters. The van der Waals surface area contributed by atoms with Gasteiger partial charge in [-0.2, -0.15) is 0 Å². The van der Waals surface area contributed by atoms with Crippen LogP contribution in [-0.2, 0) is 10.3 Å². The average Bonchev–Trinajstić information content (AvgIpc) is 3.07. The van der Waals surface area contributed by atoms with Crippen molar-refractivity contribution >= 4 is 0 Å².